The Labute approximate surface area is 129 Å². The Morgan fingerprint density at radius 2 is 1.95 bits per heavy atom. The molecule has 0 atom stereocenters. The molecule has 1 heterocycles. The zero-order valence-corrected chi connectivity index (χ0v) is 12.5. The lowest BCUT2D eigenvalue weighted by atomic mass is 10.0. The van der Waals surface area contributed by atoms with Gasteiger partial charge in [0.05, 0.1) is 6.42 Å². The summed E-state index contributed by atoms with van der Waals surface area (Å²) in [5.41, 5.74) is 2.20. The molecule has 22 heavy (non-hydrogen) atoms. The molecule has 1 aromatic carbocycles. The van der Waals surface area contributed by atoms with E-state index in [1.54, 1.807) is 18.2 Å². The Hall–Kier alpha value is -2.17. The third-order valence-electron chi connectivity index (χ3n) is 4.35. The van der Waals surface area contributed by atoms with E-state index < -0.39 is 0 Å². The molecule has 0 unspecified atom stereocenters. The van der Waals surface area contributed by atoms with E-state index in [2.05, 4.69) is 10.6 Å². The first-order valence-corrected chi connectivity index (χ1v) is 7.87. The highest BCUT2D eigenvalue weighted by molar-refractivity contribution is 6.02. The number of carbonyl (C=O) groups excluding carboxylic acids is 3. The molecule has 0 aromatic heterocycles. The van der Waals surface area contributed by atoms with Crippen molar-refractivity contribution < 1.29 is 14.4 Å². The van der Waals surface area contributed by atoms with Crippen molar-refractivity contribution in [2.75, 3.05) is 5.32 Å². The van der Waals surface area contributed by atoms with Gasteiger partial charge in [0.1, 0.15) is 0 Å². The van der Waals surface area contributed by atoms with Gasteiger partial charge in [-0.1, -0.05) is 12.8 Å². The number of ketones is 1. The third kappa shape index (κ3) is 3.35. The van der Waals surface area contributed by atoms with Crippen LogP contribution in [0.25, 0.3) is 0 Å². The van der Waals surface area contributed by atoms with Gasteiger partial charge in [-0.3, -0.25) is 14.4 Å². The van der Waals surface area contributed by atoms with Gasteiger partial charge in [-0.25, -0.2) is 0 Å². The van der Waals surface area contributed by atoms with Gasteiger partial charge in [-0.05, 0) is 36.6 Å². The van der Waals surface area contributed by atoms with Crippen LogP contribution in [0.4, 0.5) is 5.69 Å². The van der Waals surface area contributed by atoms with Crippen molar-refractivity contribution in [3.63, 3.8) is 0 Å². The first kappa shape index (κ1) is 14.8. The molecule has 1 aliphatic carbocycles. The van der Waals surface area contributed by atoms with E-state index in [4.69, 9.17) is 0 Å². The maximum atomic E-state index is 12.2. The number of carbonyl (C=O) groups is 3. The van der Waals surface area contributed by atoms with Crippen molar-refractivity contribution in [2.24, 2.45) is 0 Å². The average molecular weight is 300 g/mol. The average Bonchev–Trinajstić information content (AvgIpc) is 3.12. The third-order valence-corrected chi connectivity index (χ3v) is 4.35. The van der Waals surface area contributed by atoms with Crippen LogP contribution in [0.15, 0.2) is 18.2 Å². The number of rotatable bonds is 5. The highest BCUT2D eigenvalue weighted by Gasteiger charge is 2.20. The van der Waals surface area contributed by atoms with Gasteiger partial charge in [0, 0.05) is 30.1 Å². The van der Waals surface area contributed by atoms with Crippen molar-refractivity contribution in [3.05, 3.63) is 29.3 Å². The molecule has 1 saturated carbocycles. The minimum atomic E-state index is -0.0521. The topological polar surface area (TPSA) is 75.3 Å². The molecule has 5 nitrogen and oxygen atoms in total. The molecule has 1 aliphatic heterocycles. The second-order valence-corrected chi connectivity index (χ2v) is 6.07. The molecule has 0 saturated heterocycles. The van der Waals surface area contributed by atoms with Crippen LogP contribution in [0.5, 0.6) is 0 Å². The van der Waals surface area contributed by atoms with E-state index in [1.807, 2.05) is 0 Å². The number of nitrogens with one attached hydrogen (secondary N) is 2. The largest absolute Gasteiger partial charge is 0.353 e. The van der Waals surface area contributed by atoms with Crippen LogP contribution in [0.1, 0.15) is 54.4 Å². The predicted octanol–water partition coefficient (Wildman–Crippen LogP) is 2.20. The van der Waals surface area contributed by atoms with E-state index in [9.17, 15) is 14.4 Å². The minimum Gasteiger partial charge on any atom is -0.353 e. The Morgan fingerprint density at radius 3 is 2.73 bits per heavy atom. The van der Waals surface area contributed by atoms with Crippen LogP contribution in [-0.2, 0) is 16.0 Å². The number of hydrogen-bond donors (Lipinski definition) is 2. The van der Waals surface area contributed by atoms with E-state index in [-0.39, 0.29) is 30.4 Å². The van der Waals surface area contributed by atoms with E-state index in [0.29, 0.717) is 18.0 Å². The molecule has 0 bridgehead atoms. The van der Waals surface area contributed by atoms with Crippen LogP contribution < -0.4 is 10.6 Å². The van der Waals surface area contributed by atoms with Crippen LogP contribution >= 0.6 is 0 Å². The normalized spacial score (nSPS) is 17.2. The summed E-state index contributed by atoms with van der Waals surface area (Å²) in [5.74, 6) is -0.141. The first-order valence-electron chi connectivity index (χ1n) is 7.87. The second-order valence-electron chi connectivity index (χ2n) is 6.07. The standard InChI is InChI=1S/C17H20N2O3/c20-15(7-8-16(21)18-13-3-1-2-4-13)11-5-6-14-12(9-11)10-17(22)19-14/h5-6,9,13H,1-4,7-8,10H2,(H,18,21)(H,19,22). The maximum Gasteiger partial charge on any atom is 0.228 e. The number of anilines is 1. The van der Waals surface area contributed by atoms with Gasteiger partial charge in [0.2, 0.25) is 11.8 Å². The van der Waals surface area contributed by atoms with E-state index in [1.165, 1.54) is 12.8 Å². The highest BCUT2D eigenvalue weighted by atomic mass is 16.2. The van der Waals surface area contributed by atoms with E-state index in [0.717, 1.165) is 24.1 Å². The molecular formula is C17H20N2O3. The zero-order valence-electron chi connectivity index (χ0n) is 12.5. The number of hydrogen-bond acceptors (Lipinski definition) is 3. The van der Waals surface area contributed by atoms with Crippen molar-refractivity contribution >= 4 is 23.3 Å². The molecule has 2 amide bonds. The number of Topliss-reactive ketones (excluding diaryl/α,β-unsaturated/α-hetero) is 1. The fourth-order valence-corrected chi connectivity index (χ4v) is 3.14. The summed E-state index contributed by atoms with van der Waals surface area (Å²) in [6.45, 7) is 0. The van der Waals surface area contributed by atoms with Gasteiger partial charge in [0.15, 0.2) is 5.78 Å². The molecule has 3 rings (SSSR count). The SMILES string of the molecule is O=C1Cc2cc(C(=O)CCC(=O)NC3CCCC3)ccc2N1. The van der Waals surface area contributed by atoms with Crippen LogP contribution in [0.2, 0.25) is 0 Å². The molecule has 0 radical (unpaired) electrons. The molecule has 2 N–H and O–H groups in total. The van der Waals surface area contributed by atoms with Crippen molar-refractivity contribution in [2.45, 2.75) is 51.0 Å². The lowest BCUT2D eigenvalue weighted by molar-refractivity contribution is -0.121. The summed E-state index contributed by atoms with van der Waals surface area (Å²) in [5, 5.41) is 5.73. The summed E-state index contributed by atoms with van der Waals surface area (Å²) in [6.07, 6.45) is 5.19. The molecule has 1 aromatic rings. The summed E-state index contributed by atoms with van der Waals surface area (Å²) in [7, 11) is 0. The van der Waals surface area contributed by atoms with Crippen molar-refractivity contribution in [1.29, 1.82) is 0 Å². The Morgan fingerprint density at radius 1 is 1.18 bits per heavy atom. The monoisotopic (exact) mass is 300 g/mol. The lowest BCUT2D eigenvalue weighted by Gasteiger charge is -2.11. The quantitative estimate of drug-likeness (QED) is 0.819. The second kappa shape index (κ2) is 6.30. The molecule has 116 valence electrons. The predicted molar refractivity (Wildman–Crippen MR) is 82.7 cm³/mol. The maximum absolute atomic E-state index is 12.2. The van der Waals surface area contributed by atoms with Crippen molar-refractivity contribution in [1.82, 2.24) is 5.32 Å². The van der Waals surface area contributed by atoms with Crippen LogP contribution in [0, 0.1) is 0 Å². The molecule has 2 aliphatic rings. The number of benzene rings is 1. The fourth-order valence-electron chi connectivity index (χ4n) is 3.14. The Kier molecular flexibility index (Phi) is 4.22. The zero-order chi connectivity index (χ0) is 15.5. The summed E-state index contributed by atoms with van der Waals surface area (Å²) in [6, 6.07) is 5.51. The smallest absolute Gasteiger partial charge is 0.228 e. The van der Waals surface area contributed by atoms with Gasteiger partial charge in [-0.2, -0.15) is 0 Å². The minimum absolute atomic E-state index is 0.0433. The number of amides is 2. The molecule has 0 spiro atoms. The molecule has 5 heteroatoms. The Balaban J connectivity index is 1.52. The van der Waals surface area contributed by atoms with Gasteiger partial charge < -0.3 is 10.6 Å². The van der Waals surface area contributed by atoms with Gasteiger partial charge in [-0.15, -0.1) is 0 Å². The van der Waals surface area contributed by atoms with Crippen molar-refractivity contribution in [3.8, 4) is 0 Å². The lowest BCUT2D eigenvalue weighted by Crippen LogP contribution is -2.32. The van der Waals surface area contributed by atoms with Crippen LogP contribution in [-0.4, -0.2) is 23.6 Å². The van der Waals surface area contributed by atoms with E-state index >= 15 is 0 Å². The molecule has 1 fully saturated rings. The highest BCUT2D eigenvalue weighted by Crippen LogP contribution is 2.24. The summed E-state index contributed by atoms with van der Waals surface area (Å²) >= 11 is 0. The summed E-state index contributed by atoms with van der Waals surface area (Å²) in [4.78, 5) is 35.3. The first-order chi connectivity index (χ1) is 10.6. The Bertz CT molecular complexity index is 618. The number of fused-ring (bicyclic) bond motifs is 1. The van der Waals surface area contributed by atoms with Gasteiger partial charge in [0.25, 0.3) is 0 Å². The van der Waals surface area contributed by atoms with Crippen LogP contribution in [0.3, 0.4) is 0 Å². The molecular weight excluding hydrogens is 280 g/mol. The van der Waals surface area contributed by atoms with Gasteiger partial charge >= 0.3 is 0 Å². The summed E-state index contributed by atoms with van der Waals surface area (Å²) < 4.78 is 0. The fraction of sp³-hybridized carbons (Fsp3) is 0.471.